The van der Waals surface area contributed by atoms with Gasteiger partial charge in [-0.1, -0.05) is 18.5 Å². The summed E-state index contributed by atoms with van der Waals surface area (Å²) in [5.74, 6) is 0.711. The number of aliphatic hydroxyl groups excluding tert-OH is 1. The summed E-state index contributed by atoms with van der Waals surface area (Å²) in [7, 11) is 6.35. The number of aromatic nitrogens is 2. The number of methoxy groups -OCH3 is 3. The first-order valence-corrected chi connectivity index (χ1v) is 11.2. The lowest BCUT2D eigenvalue weighted by Gasteiger charge is -2.40. The van der Waals surface area contributed by atoms with Crippen LogP contribution in [-0.4, -0.2) is 47.6 Å². The molecule has 178 valence electrons. The Morgan fingerprint density at radius 1 is 1.15 bits per heavy atom. The fourth-order valence-electron chi connectivity index (χ4n) is 5.17. The van der Waals surface area contributed by atoms with Gasteiger partial charge in [0.05, 0.1) is 32.7 Å². The number of benzene rings is 2. The number of ether oxygens (including phenoxy) is 4. The fraction of sp³-hybridized carbons (Fsp3) is 0.360. The third-order valence-electron chi connectivity index (χ3n) is 6.88. The van der Waals surface area contributed by atoms with Gasteiger partial charge in [-0.05, 0) is 30.7 Å². The average Bonchev–Trinajstić information content (AvgIpc) is 3.33. The second-order valence-electron chi connectivity index (χ2n) is 8.59. The van der Waals surface area contributed by atoms with E-state index in [1.807, 2.05) is 38.2 Å². The second kappa shape index (κ2) is 7.92. The summed E-state index contributed by atoms with van der Waals surface area (Å²) >= 11 is 6.54. The summed E-state index contributed by atoms with van der Waals surface area (Å²) in [6, 6.07) is 9.02. The molecule has 1 aliphatic heterocycles. The van der Waals surface area contributed by atoms with E-state index in [1.165, 1.54) is 14.2 Å². The van der Waals surface area contributed by atoms with Crippen molar-refractivity contribution in [2.24, 2.45) is 13.0 Å². The van der Waals surface area contributed by atoms with Crippen molar-refractivity contribution in [3.05, 3.63) is 52.2 Å². The van der Waals surface area contributed by atoms with Crippen molar-refractivity contribution in [1.29, 1.82) is 0 Å². The monoisotopic (exact) mass is 484 g/mol. The molecule has 2 aromatic carbocycles. The molecular weight excluding hydrogens is 460 g/mol. The Morgan fingerprint density at radius 2 is 1.82 bits per heavy atom. The van der Waals surface area contributed by atoms with Crippen molar-refractivity contribution in [3.8, 4) is 34.3 Å². The Kier molecular flexibility index (Phi) is 5.26. The second-order valence-corrected chi connectivity index (χ2v) is 8.97. The van der Waals surface area contributed by atoms with Gasteiger partial charge in [0, 0.05) is 30.2 Å². The van der Waals surface area contributed by atoms with Gasteiger partial charge in [-0.15, -0.1) is 0 Å². The molecule has 8 nitrogen and oxygen atoms in total. The highest BCUT2D eigenvalue weighted by Crippen LogP contribution is 2.57. The summed E-state index contributed by atoms with van der Waals surface area (Å²) < 4.78 is 24.1. The fourth-order valence-corrected chi connectivity index (χ4v) is 5.44. The molecule has 1 aliphatic carbocycles. The Labute approximate surface area is 202 Å². The molecule has 1 aromatic heterocycles. The maximum Gasteiger partial charge on any atom is 0.217 e. The van der Waals surface area contributed by atoms with E-state index >= 15 is 0 Å². The third-order valence-corrected chi connectivity index (χ3v) is 7.24. The minimum absolute atomic E-state index is 0.159. The lowest BCUT2D eigenvalue weighted by atomic mass is 9.69. The number of Topliss-reactive ketones (excluding diaryl/α,β-unsaturated/α-hetero) is 1. The molecule has 0 saturated heterocycles. The minimum atomic E-state index is -1.58. The van der Waals surface area contributed by atoms with Crippen LogP contribution in [0.1, 0.15) is 34.6 Å². The molecule has 5 rings (SSSR count). The van der Waals surface area contributed by atoms with Crippen molar-refractivity contribution in [3.63, 3.8) is 0 Å². The van der Waals surface area contributed by atoms with Gasteiger partial charge in [-0.25, -0.2) is 0 Å². The van der Waals surface area contributed by atoms with Gasteiger partial charge in [0.1, 0.15) is 33.9 Å². The van der Waals surface area contributed by atoms with Crippen molar-refractivity contribution in [2.75, 3.05) is 21.3 Å². The Balaban J connectivity index is 1.68. The highest BCUT2D eigenvalue weighted by molar-refractivity contribution is 6.35. The maximum atomic E-state index is 14.0. The molecule has 1 unspecified atom stereocenters. The summed E-state index contributed by atoms with van der Waals surface area (Å²) in [6.45, 7) is 1.87. The zero-order valence-electron chi connectivity index (χ0n) is 19.5. The number of rotatable bonds is 4. The molecule has 3 aromatic rings. The summed E-state index contributed by atoms with van der Waals surface area (Å²) in [4.78, 5) is 14.0. The summed E-state index contributed by atoms with van der Waals surface area (Å²) in [5.41, 5.74) is 1.46. The first-order chi connectivity index (χ1) is 16.3. The van der Waals surface area contributed by atoms with E-state index in [2.05, 4.69) is 5.10 Å². The van der Waals surface area contributed by atoms with Crippen molar-refractivity contribution in [2.45, 2.75) is 25.0 Å². The molecule has 34 heavy (non-hydrogen) atoms. The molecule has 3 atom stereocenters. The molecular formula is C25H25ClN2O6. The van der Waals surface area contributed by atoms with E-state index in [-0.39, 0.29) is 33.8 Å². The van der Waals surface area contributed by atoms with Gasteiger partial charge in [-0.3, -0.25) is 9.48 Å². The number of fused-ring (bicyclic) bond motifs is 2. The van der Waals surface area contributed by atoms with Crippen LogP contribution >= 0.6 is 11.6 Å². The first kappa shape index (κ1) is 22.6. The largest absolute Gasteiger partial charge is 0.497 e. The minimum Gasteiger partial charge on any atom is -0.497 e. The maximum absolute atomic E-state index is 14.0. The van der Waals surface area contributed by atoms with E-state index < -0.39 is 11.7 Å². The van der Waals surface area contributed by atoms with E-state index in [0.29, 0.717) is 29.2 Å². The predicted molar refractivity (Wildman–Crippen MR) is 125 cm³/mol. The van der Waals surface area contributed by atoms with Crippen molar-refractivity contribution >= 4 is 17.4 Å². The molecule has 2 heterocycles. The number of carbonyl (C=O) groups is 1. The molecule has 0 radical (unpaired) electrons. The van der Waals surface area contributed by atoms with Crippen LogP contribution in [-0.2, 0) is 13.5 Å². The van der Waals surface area contributed by atoms with Crippen LogP contribution in [0.5, 0.6) is 23.0 Å². The zero-order chi connectivity index (χ0) is 24.4. The highest BCUT2D eigenvalue weighted by atomic mass is 35.5. The van der Waals surface area contributed by atoms with E-state index in [1.54, 1.807) is 17.9 Å². The van der Waals surface area contributed by atoms with E-state index in [9.17, 15) is 9.90 Å². The van der Waals surface area contributed by atoms with Crippen LogP contribution in [0.25, 0.3) is 11.3 Å². The van der Waals surface area contributed by atoms with Crippen LogP contribution in [0.3, 0.4) is 0 Å². The molecule has 1 spiro atoms. The number of hydrogen-bond donors (Lipinski definition) is 1. The molecule has 9 heteroatoms. The van der Waals surface area contributed by atoms with Crippen LogP contribution in [0, 0.1) is 5.92 Å². The average molecular weight is 485 g/mol. The molecule has 1 N–H and O–H groups in total. The third kappa shape index (κ3) is 2.88. The quantitative estimate of drug-likeness (QED) is 0.598. The SMILES string of the molecule is COc1ccc(-c2c3c(nn2C)C[C@@H](C)[C@]2(Oc4c(Cl)c(OC)cc(OC)c4C2=O)C3O)cc1. The first-order valence-electron chi connectivity index (χ1n) is 10.8. The highest BCUT2D eigenvalue weighted by Gasteiger charge is 2.62. The van der Waals surface area contributed by atoms with E-state index in [4.69, 9.17) is 30.5 Å². The van der Waals surface area contributed by atoms with Gasteiger partial charge < -0.3 is 24.1 Å². The van der Waals surface area contributed by atoms with E-state index in [0.717, 1.165) is 11.3 Å². The van der Waals surface area contributed by atoms with Gasteiger partial charge in [-0.2, -0.15) is 5.10 Å². The Bertz CT molecular complexity index is 1300. The summed E-state index contributed by atoms with van der Waals surface area (Å²) in [5, 5.41) is 16.7. The summed E-state index contributed by atoms with van der Waals surface area (Å²) in [6.07, 6.45) is -0.851. The molecule has 0 fully saturated rings. The number of aryl methyl sites for hydroxylation is 1. The number of ketones is 1. The van der Waals surface area contributed by atoms with Gasteiger partial charge >= 0.3 is 0 Å². The molecule has 2 aliphatic rings. The number of aliphatic hydroxyl groups is 1. The van der Waals surface area contributed by atoms with Crippen LogP contribution < -0.4 is 18.9 Å². The lowest BCUT2D eigenvalue weighted by molar-refractivity contribution is -0.0634. The van der Waals surface area contributed by atoms with Crippen molar-refractivity contribution in [1.82, 2.24) is 9.78 Å². The smallest absolute Gasteiger partial charge is 0.217 e. The molecule has 0 amide bonds. The molecule has 0 saturated carbocycles. The number of hydrogen-bond acceptors (Lipinski definition) is 7. The lowest BCUT2D eigenvalue weighted by Crippen LogP contribution is -2.54. The zero-order valence-corrected chi connectivity index (χ0v) is 20.3. The number of nitrogens with zero attached hydrogens (tertiary/aromatic N) is 2. The van der Waals surface area contributed by atoms with Crippen LogP contribution in [0.15, 0.2) is 30.3 Å². The predicted octanol–water partition coefficient (Wildman–Crippen LogP) is 4.01. The topological polar surface area (TPSA) is 92.0 Å². The van der Waals surface area contributed by atoms with Gasteiger partial charge in [0.15, 0.2) is 5.75 Å². The number of carbonyl (C=O) groups excluding carboxylic acids is 1. The number of halogens is 1. The van der Waals surface area contributed by atoms with Gasteiger partial charge in [0.25, 0.3) is 0 Å². The van der Waals surface area contributed by atoms with Gasteiger partial charge in [0.2, 0.25) is 11.4 Å². The van der Waals surface area contributed by atoms with Crippen LogP contribution in [0.4, 0.5) is 0 Å². The van der Waals surface area contributed by atoms with Crippen LogP contribution in [0.2, 0.25) is 5.02 Å². The Morgan fingerprint density at radius 3 is 2.44 bits per heavy atom. The molecule has 0 bridgehead atoms. The van der Waals surface area contributed by atoms with Crippen molar-refractivity contribution < 1.29 is 28.8 Å². The standard InChI is InChI=1S/C25H25ClN2O6/c1-12-10-15-18(21(28(2)27-15)13-6-8-14(31-3)9-7-13)23(29)25(12)24(30)19-16(32-4)11-17(33-5)20(26)22(19)34-25/h6-9,11-12,23,29H,10H2,1-5H3/t12-,23?,25+/m1/s1. The Hall–Kier alpha value is -3.23. The normalized spacial score (nSPS) is 22.9.